The van der Waals surface area contributed by atoms with Crippen LogP contribution in [0.5, 0.6) is 0 Å². The highest BCUT2D eigenvalue weighted by atomic mass is 16.2. The van der Waals surface area contributed by atoms with Crippen LogP contribution < -0.4 is 10.5 Å². The molecule has 4 rings (SSSR count). The third kappa shape index (κ3) is 1.82. The number of anilines is 1. The van der Waals surface area contributed by atoms with Crippen LogP contribution >= 0.6 is 0 Å². The van der Waals surface area contributed by atoms with Crippen LogP contribution in [0.2, 0.25) is 0 Å². The summed E-state index contributed by atoms with van der Waals surface area (Å²) in [5.41, 5.74) is -0.0598. The minimum absolute atomic E-state index is 0.0598. The molecule has 1 amide bonds. The van der Waals surface area contributed by atoms with E-state index in [9.17, 15) is 9.59 Å². The van der Waals surface area contributed by atoms with Crippen LogP contribution in [0.4, 0.5) is 5.82 Å². The highest BCUT2D eigenvalue weighted by Crippen LogP contribution is 2.34. The smallest absolute Gasteiger partial charge is 0.293 e. The summed E-state index contributed by atoms with van der Waals surface area (Å²) in [6.07, 6.45) is 7.73. The maximum atomic E-state index is 12.4. The van der Waals surface area contributed by atoms with E-state index in [1.807, 2.05) is 9.80 Å². The molecule has 100 valence electrons. The number of rotatable bonds is 3. The van der Waals surface area contributed by atoms with Gasteiger partial charge in [0.1, 0.15) is 6.54 Å². The fraction of sp³-hybridized carbons (Fsp3) is 0.615. The van der Waals surface area contributed by atoms with Gasteiger partial charge in [-0.1, -0.05) is 0 Å². The predicted octanol–water partition coefficient (Wildman–Crippen LogP) is 0.347. The second kappa shape index (κ2) is 3.82. The highest BCUT2D eigenvalue weighted by Gasteiger charge is 2.39. The molecule has 1 saturated heterocycles. The normalized spacial score (nSPS) is 23.3. The van der Waals surface area contributed by atoms with Crippen LogP contribution in [-0.4, -0.2) is 39.6 Å². The third-order valence-electron chi connectivity index (χ3n) is 4.05. The van der Waals surface area contributed by atoms with Crippen molar-refractivity contribution < 1.29 is 4.79 Å². The Labute approximate surface area is 110 Å². The molecule has 2 heterocycles. The van der Waals surface area contributed by atoms with E-state index in [1.54, 1.807) is 17.0 Å². The lowest BCUT2D eigenvalue weighted by Gasteiger charge is -2.18. The van der Waals surface area contributed by atoms with Gasteiger partial charge in [0.25, 0.3) is 5.56 Å². The highest BCUT2D eigenvalue weighted by molar-refractivity contribution is 5.84. The van der Waals surface area contributed by atoms with Crippen molar-refractivity contribution in [3.8, 4) is 0 Å². The number of nitrogens with zero attached hydrogens (tertiary/aromatic N) is 4. The fourth-order valence-corrected chi connectivity index (χ4v) is 2.69. The average molecular weight is 260 g/mol. The summed E-state index contributed by atoms with van der Waals surface area (Å²) in [6, 6.07) is 0.735. The first-order valence-corrected chi connectivity index (χ1v) is 6.85. The van der Waals surface area contributed by atoms with Gasteiger partial charge in [-0.15, -0.1) is 0 Å². The Bertz CT molecular complexity index is 589. The van der Waals surface area contributed by atoms with Crippen molar-refractivity contribution in [2.45, 2.75) is 37.8 Å². The molecular weight excluding hydrogens is 244 g/mol. The minimum atomic E-state index is -0.0598. The first-order chi connectivity index (χ1) is 9.24. The molecule has 3 fully saturated rings. The summed E-state index contributed by atoms with van der Waals surface area (Å²) >= 11 is 0. The number of amides is 1. The lowest BCUT2D eigenvalue weighted by atomic mass is 10.5. The van der Waals surface area contributed by atoms with Gasteiger partial charge in [-0.2, -0.15) is 0 Å². The van der Waals surface area contributed by atoms with Gasteiger partial charge in [0.2, 0.25) is 5.91 Å². The Morgan fingerprint density at radius 2 is 1.84 bits per heavy atom. The van der Waals surface area contributed by atoms with Gasteiger partial charge >= 0.3 is 0 Å². The molecule has 2 saturated carbocycles. The number of aromatic nitrogens is 2. The molecule has 0 bridgehead atoms. The van der Waals surface area contributed by atoms with E-state index in [0.29, 0.717) is 24.6 Å². The van der Waals surface area contributed by atoms with Crippen LogP contribution in [0.3, 0.4) is 0 Å². The zero-order valence-electron chi connectivity index (χ0n) is 10.7. The first-order valence-electron chi connectivity index (χ1n) is 6.85. The second-order valence-electron chi connectivity index (χ2n) is 5.63. The van der Waals surface area contributed by atoms with Crippen molar-refractivity contribution in [2.24, 2.45) is 0 Å². The number of hydrogen-bond acceptors (Lipinski definition) is 4. The van der Waals surface area contributed by atoms with E-state index >= 15 is 0 Å². The van der Waals surface area contributed by atoms with Gasteiger partial charge in [0, 0.05) is 24.5 Å². The summed E-state index contributed by atoms with van der Waals surface area (Å²) in [7, 11) is 0. The molecule has 0 aromatic carbocycles. The Balaban J connectivity index is 1.64. The molecule has 6 nitrogen and oxygen atoms in total. The maximum Gasteiger partial charge on any atom is 0.293 e. The van der Waals surface area contributed by atoms with Crippen LogP contribution in [0, 0.1) is 0 Å². The molecular formula is C13H16N4O2. The van der Waals surface area contributed by atoms with Crippen LogP contribution in [0.25, 0.3) is 0 Å². The van der Waals surface area contributed by atoms with Crippen molar-refractivity contribution in [3.05, 3.63) is 22.7 Å². The van der Waals surface area contributed by atoms with E-state index in [0.717, 1.165) is 25.7 Å². The van der Waals surface area contributed by atoms with Gasteiger partial charge in [-0.3, -0.25) is 9.59 Å². The predicted molar refractivity (Wildman–Crippen MR) is 68.8 cm³/mol. The SMILES string of the molecule is O=C1CN(c2nccn(C3CC3)c2=O)CN1C1CC1. The number of carbonyl (C=O) groups excluding carboxylic acids is 1. The lowest BCUT2D eigenvalue weighted by Crippen LogP contribution is -2.33. The van der Waals surface area contributed by atoms with E-state index in [-0.39, 0.29) is 18.0 Å². The van der Waals surface area contributed by atoms with Crippen LogP contribution in [-0.2, 0) is 4.79 Å². The summed E-state index contributed by atoms with van der Waals surface area (Å²) in [6.45, 7) is 0.799. The summed E-state index contributed by atoms with van der Waals surface area (Å²) in [4.78, 5) is 32.2. The zero-order chi connectivity index (χ0) is 13.0. The van der Waals surface area contributed by atoms with E-state index < -0.39 is 0 Å². The van der Waals surface area contributed by atoms with Gasteiger partial charge in [-0.05, 0) is 25.7 Å². The summed E-state index contributed by atoms with van der Waals surface area (Å²) < 4.78 is 1.76. The molecule has 2 aliphatic carbocycles. The van der Waals surface area contributed by atoms with Crippen molar-refractivity contribution in [1.29, 1.82) is 0 Å². The molecule has 0 atom stereocenters. The summed E-state index contributed by atoms with van der Waals surface area (Å²) in [5.74, 6) is 0.538. The van der Waals surface area contributed by atoms with E-state index in [2.05, 4.69) is 4.98 Å². The Morgan fingerprint density at radius 1 is 1.11 bits per heavy atom. The fourth-order valence-electron chi connectivity index (χ4n) is 2.69. The largest absolute Gasteiger partial charge is 0.325 e. The molecule has 3 aliphatic rings. The van der Waals surface area contributed by atoms with E-state index in [1.165, 1.54) is 0 Å². The third-order valence-corrected chi connectivity index (χ3v) is 4.05. The topological polar surface area (TPSA) is 58.4 Å². The lowest BCUT2D eigenvalue weighted by molar-refractivity contribution is -0.127. The monoisotopic (exact) mass is 260 g/mol. The molecule has 0 radical (unpaired) electrons. The number of carbonyl (C=O) groups is 1. The van der Waals surface area contributed by atoms with Crippen molar-refractivity contribution >= 4 is 11.7 Å². The van der Waals surface area contributed by atoms with Gasteiger partial charge < -0.3 is 14.4 Å². The minimum Gasteiger partial charge on any atom is -0.325 e. The van der Waals surface area contributed by atoms with E-state index in [4.69, 9.17) is 0 Å². The van der Waals surface area contributed by atoms with Gasteiger partial charge in [0.05, 0.1) is 6.67 Å². The maximum absolute atomic E-state index is 12.4. The second-order valence-corrected chi connectivity index (χ2v) is 5.63. The Kier molecular flexibility index (Phi) is 2.22. The molecule has 0 unspecified atom stereocenters. The molecule has 0 spiro atoms. The standard InChI is InChI=1S/C13H16N4O2/c18-11-7-15(8-17(11)10-3-4-10)12-13(19)16(6-5-14-12)9-1-2-9/h5-6,9-10H,1-4,7-8H2. The van der Waals surface area contributed by atoms with Crippen molar-refractivity contribution in [1.82, 2.24) is 14.5 Å². The Morgan fingerprint density at radius 3 is 2.53 bits per heavy atom. The van der Waals surface area contributed by atoms with Crippen LogP contribution in [0.15, 0.2) is 17.2 Å². The van der Waals surface area contributed by atoms with Gasteiger partial charge in [-0.25, -0.2) is 4.98 Å². The molecule has 1 aromatic rings. The van der Waals surface area contributed by atoms with Gasteiger partial charge in [0.15, 0.2) is 5.82 Å². The Hall–Kier alpha value is -1.85. The van der Waals surface area contributed by atoms with Crippen molar-refractivity contribution in [3.63, 3.8) is 0 Å². The molecule has 1 aliphatic heterocycles. The summed E-state index contributed by atoms with van der Waals surface area (Å²) in [5, 5.41) is 0. The molecule has 19 heavy (non-hydrogen) atoms. The zero-order valence-corrected chi connectivity index (χ0v) is 10.7. The van der Waals surface area contributed by atoms with Crippen molar-refractivity contribution in [2.75, 3.05) is 18.1 Å². The molecule has 6 heteroatoms. The van der Waals surface area contributed by atoms with Crippen LogP contribution in [0.1, 0.15) is 31.7 Å². The molecule has 0 N–H and O–H groups in total. The first kappa shape index (κ1) is 11.0. The number of hydrogen-bond donors (Lipinski definition) is 0. The quantitative estimate of drug-likeness (QED) is 0.786. The molecule has 1 aromatic heterocycles. The average Bonchev–Trinajstić information content (AvgIpc) is 3.29.